The second kappa shape index (κ2) is 6.19. The standard InChI is InChI=1S/C13H18F3N3O2/c1-8-9(10(19-18-8)13(14,15)16)6-5-7-17-11(20)21-12(2,3)4/h5-6H,7H2,1-4H3,(H,17,20)(H,18,19). The molecule has 0 atom stereocenters. The fourth-order valence-corrected chi connectivity index (χ4v) is 1.49. The molecule has 118 valence electrons. The van der Waals surface area contributed by atoms with Crippen molar-refractivity contribution >= 4 is 12.2 Å². The topological polar surface area (TPSA) is 67.0 Å². The van der Waals surface area contributed by atoms with Crippen LogP contribution in [-0.4, -0.2) is 28.4 Å². The molecule has 8 heteroatoms. The predicted molar refractivity (Wildman–Crippen MR) is 71.6 cm³/mol. The molecule has 1 aromatic rings. The van der Waals surface area contributed by atoms with Crippen LogP contribution in [0.2, 0.25) is 0 Å². The first-order valence-corrected chi connectivity index (χ1v) is 6.26. The van der Waals surface area contributed by atoms with Crippen molar-refractivity contribution in [3.8, 4) is 0 Å². The van der Waals surface area contributed by atoms with E-state index in [-0.39, 0.29) is 12.1 Å². The maximum Gasteiger partial charge on any atom is 0.435 e. The first-order valence-electron chi connectivity index (χ1n) is 6.26. The van der Waals surface area contributed by atoms with Crippen LogP contribution >= 0.6 is 0 Å². The van der Waals surface area contributed by atoms with Crippen molar-refractivity contribution < 1.29 is 22.7 Å². The summed E-state index contributed by atoms with van der Waals surface area (Å²) in [5, 5.41) is 7.95. The lowest BCUT2D eigenvalue weighted by Crippen LogP contribution is -2.32. The van der Waals surface area contributed by atoms with Gasteiger partial charge in [-0.2, -0.15) is 18.3 Å². The predicted octanol–water partition coefficient (Wildman–Crippen LogP) is 3.27. The molecular formula is C13H18F3N3O2. The normalized spacial score (nSPS) is 12.7. The van der Waals surface area contributed by atoms with Crippen LogP contribution in [0.15, 0.2) is 6.08 Å². The summed E-state index contributed by atoms with van der Waals surface area (Å²) < 4.78 is 43.0. The Bertz CT molecular complexity index is 528. The van der Waals surface area contributed by atoms with Crippen molar-refractivity contribution in [2.75, 3.05) is 6.54 Å². The van der Waals surface area contributed by atoms with Crippen LogP contribution in [0.5, 0.6) is 0 Å². The van der Waals surface area contributed by atoms with E-state index in [1.54, 1.807) is 20.8 Å². The molecule has 0 saturated heterocycles. The van der Waals surface area contributed by atoms with Crippen molar-refractivity contribution in [1.29, 1.82) is 0 Å². The molecule has 5 nitrogen and oxygen atoms in total. The van der Waals surface area contributed by atoms with Gasteiger partial charge in [0.1, 0.15) is 5.60 Å². The van der Waals surface area contributed by atoms with E-state index in [0.717, 1.165) is 0 Å². The third kappa shape index (κ3) is 5.49. The maximum absolute atomic E-state index is 12.7. The fourth-order valence-electron chi connectivity index (χ4n) is 1.49. The van der Waals surface area contributed by atoms with Crippen LogP contribution in [0.1, 0.15) is 37.7 Å². The average molecular weight is 305 g/mol. The van der Waals surface area contributed by atoms with Gasteiger partial charge in [0.05, 0.1) is 0 Å². The number of aromatic nitrogens is 2. The molecule has 1 heterocycles. The van der Waals surface area contributed by atoms with E-state index >= 15 is 0 Å². The number of hydrogen-bond donors (Lipinski definition) is 2. The van der Waals surface area contributed by atoms with Gasteiger partial charge in [0.15, 0.2) is 5.69 Å². The number of aromatic amines is 1. The summed E-state index contributed by atoms with van der Waals surface area (Å²) in [6.07, 6.45) is -2.49. The van der Waals surface area contributed by atoms with Crippen LogP contribution in [0, 0.1) is 6.92 Å². The number of rotatable bonds is 3. The van der Waals surface area contributed by atoms with Gasteiger partial charge < -0.3 is 10.1 Å². The number of carbonyl (C=O) groups excluding carboxylic acids is 1. The van der Waals surface area contributed by atoms with Crippen molar-refractivity contribution in [3.05, 3.63) is 23.0 Å². The number of amides is 1. The van der Waals surface area contributed by atoms with E-state index in [0.29, 0.717) is 5.69 Å². The number of ether oxygens (including phenoxy) is 1. The number of nitrogens with zero attached hydrogens (tertiary/aromatic N) is 1. The molecular weight excluding hydrogens is 287 g/mol. The molecule has 0 radical (unpaired) electrons. The van der Waals surface area contributed by atoms with Gasteiger partial charge in [-0.3, -0.25) is 5.10 Å². The number of H-pyrrole nitrogens is 1. The maximum atomic E-state index is 12.7. The Balaban J connectivity index is 2.63. The molecule has 1 aromatic heterocycles. The summed E-state index contributed by atoms with van der Waals surface area (Å²) in [4.78, 5) is 11.3. The second-order valence-corrected chi connectivity index (χ2v) is 5.39. The zero-order valence-corrected chi connectivity index (χ0v) is 12.3. The first-order chi connectivity index (χ1) is 9.50. The summed E-state index contributed by atoms with van der Waals surface area (Å²) in [6.45, 7) is 6.69. The number of aryl methyl sites for hydroxylation is 1. The Kier molecular flexibility index (Phi) is 5.03. The number of halogens is 3. The van der Waals surface area contributed by atoms with Gasteiger partial charge >= 0.3 is 12.3 Å². The number of carbonyl (C=O) groups is 1. The van der Waals surface area contributed by atoms with Crippen molar-refractivity contribution in [2.24, 2.45) is 0 Å². The Labute approximate surface area is 120 Å². The van der Waals surface area contributed by atoms with Crippen LogP contribution in [0.4, 0.5) is 18.0 Å². The van der Waals surface area contributed by atoms with Gasteiger partial charge in [-0.1, -0.05) is 12.2 Å². The monoisotopic (exact) mass is 305 g/mol. The van der Waals surface area contributed by atoms with Crippen LogP contribution in [0.25, 0.3) is 6.08 Å². The highest BCUT2D eigenvalue weighted by Crippen LogP contribution is 2.31. The first kappa shape index (κ1) is 17.1. The molecule has 1 amide bonds. The lowest BCUT2D eigenvalue weighted by atomic mass is 10.1. The molecule has 0 aliphatic heterocycles. The number of alkyl halides is 3. The Morgan fingerprint density at radius 2 is 2.00 bits per heavy atom. The molecule has 21 heavy (non-hydrogen) atoms. The summed E-state index contributed by atoms with van der Waals surface area (Å²) in [5.74, 6) is 0. The minimum Gasteiger partial charge on any atom is -0.444 e. The molecule has 0 fully saturated rings. The molecule has 0 bridgehead atoms. The Morgan fingerprint density at radius 3 is 2.52 bits per heavy atom. The van der Waals surface area contributed by atoms with Gasteiger partial charge in [0, 0.05) is 17.8 Å². The minimum atomic E-state index is -4.52. The molecule has 2 N–H and O–H groups in total. The summed E-state index contributed by atoms with van der Waals surface area (Å²) in [5.41, 5.74) is -1.35. The molecule has 0 saturated carbocycles. The third-order valence-electron chi connectivity index (χ3n) is 2.31. The zero-order chi connectivity index (χ0) is 16.3. The van der Waals surface area contributed by atoms with E-state index in [1.807, 2.05) is 0 Å². The highest BCUT2D eigenvalue weighted by molar-refractivity contribution is 5.68. The largest absolute Gasteiger partial charge is 0.444 e. The van der Waals surface area contributed by atoms with Gasteiger partial charge in [0.25, 0.3) is 0 Å². The van der Waals surface area contributed by atoms with Crippen LogP contribution < -0.4 is 5.32 Å². The summed E-state index contributed by atoms with van der Waals surface area (Å²) >= 11 is 0. The van der Waals surface area contributed by atoms with Crippen molar-refractivity contribution in [2.45, 2.75) is 39.5 Å². The SMILES string of the molecule is Cc1[nH]nc(C(F)(F)F)c1C=CCNC(=O)OC(C)(C)C. The van der Waals surface area contributed by atoms with Crippen molar-refractivity contribution in [1.82, 2.24) is 15.5 Å². The van der Waals surface area contributed by atoms with E-state index in [4.69, 9.17) is 4.74 Å². The fraction of sp³-hybridized carbons (Fsp3) is 0.538. The van der Waals surface area contributed by atoms with E-state index in [1.165, 1.54) is 19.1 Å². The van der Waals surface area contributed by atoms with Gasteiger partial charge in [-0.05, 0) is 27.7 Å². The van der Waals surface area contributed by atoms with E-state index in [2.05, 4.69) is 15.5 Å². The lowest BCUT2D eigenvalue weighted by molar-refractivity contribution is -0.141. The van der Waals surface area contributed by atoms with Gasteiger partial charge in [-0.25, -0.2) is 4.79 Å². The van der Waals surface area contributed by atoms with Gasteiger partial charge in [-0.15, -0.1) is 0 Å². The molecule has 1 rings (SSSR count). The van der Waals surface area contributed by atoms with Crippen LogP contribution in [0.3, 0.4) is 0 Å². The smallest absolute Gasteiger partial charge is 0.435 e. The quantitative estimate of drug-likeness (QED) is 0.900. The zero-order valence-electron chi connectivity index (χ0n) is 12.3. The summed E-state index contributed by atoms with van der Waals surface area (Å²) in [6, 6.07) is 0. The Hall–Kier alpha value is -1.99. The average Bonchev–Trinajstić information content (AvgIpc) is 2.63. The van der Waals surface area contributed by atoms with Gasteiger partial charge in [0.2, 0.25) is 0 Å². The van der Waals surface area contributed by atoms with Crippen molar-refractivity contribution in [3.63, 3.8) is 0 Å². The highest BCUT2D eigenvalue weighted by Gasteiger charge is 2.36. The Morgan fingerprint density at radius 1 is 1.38 bits per heavy atom. The molecule has 0 aromatic carbocycles. The van der Waals surface area contributed by atoms with E-state index in [9.17, 15) is 18.0 Å². The van der Waals surface area contributed by atoms with E-state index < -0.39 is 23.6 Å². The molecule has 0 unspecified atom stereocenters. The van der Waals surface area contributed by atoms with Crippen LogP contribution in [-0.2, 0) is 10.9 Å². The highest BCUT2D eigenvalue weighted by atomic mass is 19.4. The second-order valence-electron chi connectivity index (χ2n) is 5.39. The number of alkyl carbamates (subject to hydrolysis) is 1. The molecule has 0 spiro atoms. The molecule has 0 aliphatic carbocycles. The number of hydrogen-bond acceptors (Lipinski definition) is 3. The minimum absolute atomic E-state index is 0.0477. The molecule has 0 aliphatic rings. The third-order valence-corrected chi connectivity index (χ3v) is 2.31. The summed E-state index contributed by atoms with van der Waals surface area (Å²) in [7, 11) is 0. The lowest BCUT2D eigenvalue weighted by Gasteiger charge is -2.19. The number of nitrogens with one attached hydrogen (secondary N) is 2.